The highest BCUT2D eigenvalue weighted by Gasteiger charge is 2.19. The van der Waals surface area contributed by atoms with Crippen molar-refractivity contribution in [1.82, 2.24) is 9.78 Å². The van der Waals surface area contributed by atoms with Crippen LogP contribution in [0.3, 0.4) is 0 Å². The van der Waals surface area contributed by atoms with Gasteiger partial charge in [0.25, 0.3) is 0 Å². The van der Waals surface area contributed by atoms with Crippen LogP contribution in [0.2, 0.25) is 0 Å². The molecule has 3 N–H and O–H groups in total. The van der Waals surface area contributed by atoms with Gasteiger partial charge in [-0.1, -0.05) is 12.1 Å². The molecule has 2 aromatic carbocycles. The van der Waals surface area contributed by atoms with E-state index in [-0.39, 0.29) is 16.4 Å². The topological polar surface area (TPSA) is 107 Å². The van der Waals surface area contributed by atoms with Gasteiger partial charge in [0.15, 0.2) is 5.82 Å². The van der Waals surface area contributed by atoms with E-state index >= 15 is 0 Å². The third kappa shape index (κ3) is 3.42. The number of carbonyl (C=O) groups is 1. The standard InChI is InChI=1S/C16H13FN4O3S/c17-12-7-5-11(6-8-12)14-9-16(19-10-22)20-21(14)13-3-1-2-4-15(13)25(18,23)24/h1-10H,(H2,18,23,24)(H,19,20,22). The van der Waals surface area contributed by atoms with Crippen LogP contribution < -0.4 is 10.5 Å². The van der Waals surface area contributed by atoms with Crippen LogP contribution in [0.25, 0.3) is 16.9 Å². The second kappa shape index (κ2) is 6.46. The maximum Gasteiger partial charge on any atom is 0.240 e. The van der Waals surface area contributed by atoms with Gasteiger partial charge >= 0.3 is 0 Å². The van der Waals surface area contributed by atoms with Gasteiger partial charge in [0.05, 0.1) is 11.4 Å². The molecule has 0 aliphatic rings. The SMILES string of the molecule is NS(=O)(=O)c1ccccc1-n1nc(NC=O)cc1-c1ccc(F)cc1. The van der Waals surface area contributed by atoms with Crippen molar-refractivity contribution in [2.24, 2.45) is 5.14 Å². The highest BCUT2D eigenvalue weighted by atomic mass is 32.2. The van der Waals surface area contributed by atoms with Gasteiger partial charge in [0.2, 0.25) is 16.4 Å². The van der Waals surface area contributed by atoms with Crippen LogP contribution >= 0.6 is 0 Å². The molecule has 3 rings (SSSR count). The van der Waals surface area contributed by atoms with Crippen LogP contribution in [0.4, 0.5) is 10.2 Å². The lowest BCUT2D eigenvalue weighted by Crippen LogP contribution is -2.16. The molecule has 7 nitrogen and oxygen atoms in total. The summed E-state index contributed by atoms with van der Waals surface area (Å²) >= 11 is 0. The number of para-hydroxylation sites is 1. The summed E-state index contributed by atoms with van der Waals surface area (Å²) < 4.78 is 38.3. The molecular formula is C16H13FN4O3S. The monoisotopic (exact) mass is 360 g/mol. The molecule has 0 saturated carbocycles. The zero-order valence-electron chi connectivity index (χ0n) is 12.8. The molecule has 0 aliphatic heterocycles. The van der Waals surface area contributed by atoms with Crippen LogP contribution in [0.5, 0.6) is 0 Å². The average molecular weight is 360 g/mol. The van der Waals surface area contributed by atoms with Crippen molar-refractivity contribution in [2.75, 3.05) is 5.32 Å². The van der Waals surface area contributed by atoms with Crippen molar-refractivity contribution in [3.8, 4) is 16.9 Å². The molecule has 0 radical (unpaired) electrons. The average Bonchev–Trinajstić information content (AvgIpc) is 2.99. The number of nitrogens with zero attached hydrogens (tertiary/aromatic N) is 2. The summed E-state index contributed by atoms with van der Waals surface area (Å²) in [4.78, 5) is 10.6. The van der Waals surface area contributed by atoms with E-state index in [1.165, 1.54) is 47.1 Å². The number of amides is 1. The molecule has 1 heterocycles. The number of nitrogens with two attached hydrogens (primary N) is 1. The summed E-state index contributed by atoms with van der Waals surface area (Å²) in [5.41, 5.74) is 1.25. The van der Waals surface area contributed by atoms with Gasteiger partial charge in [-0.3, -0.25) is 4.79 Å². The fourth-order valence-electron chi connectivity index (χ4n) is 2.39. The molecular weight excluding hydrogens is 347 g/mol. The van der Waals surface area contributed by atoms with Crippen LogP contribution in [0, 0.1) is 5.82 Å². The van der Waals surface area contributed by atoms with Gasteiger partial charge in [-0.15, -0.1) is 5.10 Å². The molecule has 128 valence electrons. The second-order valence-electron chi connectivity index (χ2n) is 5.11. The molecule has 0 unspecified atom stereocenters. The summed E-state index contributed by atoms with van der Waals surface area (Å²) in [5, 5.41) is 11.9. The van der Waals surface area contributed by atoms with E-state index in [0.29, 0.717) is 17.7 Å². The van der Waals surface area contributed by atoms with Gasteiger partial charge in [0.1, 0.15) is 10.7 Å². The number of nitrogens with one attached hydrogen (secondary N) is 1. The Hall–Kier alpha value is -3.04. The minimum atomic E-state index is -4.00. The Morgan fingerprint density at radius 1 is 1.12 bits per heavy atom. The van der Waals surface area contributed by atoms with Gasteiger partial charge in [-0.2, -0.15) is 0 Å². The highest BCUT2D eigenvalue weighted by molar-refractivity contribution is 7.89. The predicted molar refractivity (Wildman–Crippen MR) is 90.0 cm³/mol. The first-order valence-electron chi connectivity index (χ1n) is 7.08. The van der Waals surface area contributed by atoms with E-state index in [9.17, 15) is 17.6 Å². The summed E-state index contributed by atoms with van der Waals surface area (Å²) in [7, 11) is -4.00. The van der Waals surface area contributed by atoms with Gasteiger partial charge in [0, 0.05) is 11.6 Å². The molecule has 9 heteroatoms. The van der Waals surface area contributed by atoms with Crippen molar-refractivity contribution < 1.29 is 17.6 Å². The maximum atomic E-state index is 13.2. The first-order valence-corrected chi connectivity index (χ1v) is 8.63. The Kier molecular flexibility index (Phi) is 4.34. The third-order valence-corrected chi connectivity index (χ3v) is 4.41. The van der Waals surface area contributed by atoms with E-state index < -0.39 is 15.8 Å². The van der Waals surface area contributed by atoms with Crippen LogP contribution in [0.1, 0.15) is 0 Å². The maximum absolute atomic E-state index is 13.2. The zero-order chi connectivity index (χ0) is 18.0. The quantitative estimate of drug-likeness (QED) is 0.678. The largest absolute Gasteiger partial charge is 0.312 e. The van der Waals surface area contributed by atoms with Gasteiger partial charge < -0.3 is 5.32 Å². The fraction of sp³-hybridized carbons (Fsp3) is 0. The molecule has 0 bridgehead atoms. The fourth-order valence-corrected chi connectivity index (χ4v) is 3.11. The number of benzene rings is 2. The summed E-state index contributed by atoms with van der Waals surface area (Å²) in [6.45, 7) is 0. The van der Waals surface area contributed by atoms with Crippen LogP contribution in [-0.4, -0.2) is 24.6 Å². The molecule has 0 saturated heterocycles. The second-order valence-corrected chi connectivity index (χ2v) is 6.64. The molecule has 25 heavy (non-hydrogen) atoms. The van der Waals surface area contributed by atoms with Crippen molar-refractivity contribution in [3.05, 3.63) is 60.4 Å². The number of primary sulfonamides is 1. The van der Waals surface area contributed by atoms with Crippen molar-refractivity contribution in [1.29, 1.82) is 0 Å². The number of hydrogen-bond acceptors (Lipinski definition) is 4. The number of halogens is 1. The number of anilines is 1. The lowest BCUT2D eigenvalue weighted by atomic mass is 10.1. The van der Waals surface area contributed by atoms with E-state index in [0.717, 1.165) is 0 Å². The normalized spacial score (nSPS) is 11.3. The van der Waals surface area contributed by atoms with Crippen molar-refractivity contribution in [2.45, 2.75) is 4.90 Å². The Bertz CT molecular complexity index is 1030. The van der Waals surface area contributed by atoms with Gasteiger partial charge in [-0.05, 0) is 36.4 Å². The predicted octanol–water partition coefficient (Wildman–Crippen LogP) is 1.89. The Balaban J connectivity index is 2.26. The smallest absolute Gasteiger partial charge is 0.240 e. The van der Waals surface area contributed by atoms with Crippen LogP contribution in [0.15, 0.2) is 59.5 Å². The molecule has 3 aromatic rings. The Labute approximate surface area is 142 Å². The number of rotatable bonds is 5. The van der Waals surface area contributed by atoms with Crippen molar-refractivity contribution >= 4 is 22.3 Å². The minimum absolute atomic E-state index is 0.126. The highest BCUT2D eigenvalue weighted by Crippen LogP contribution is 2.28. The molecule has 0 atom stereocenters. The number of aromatic nitrogens is 2. The lowest BCUT2D eigenvalue weighted by Gasteiger charge is -2.11. The van der Waals surface area contributed by atoms with E-state index in [4.69, 9.17) is 5.14 Å². The number of sulfonamides is 1. The summed E-state index contributed by atoms with van der Waals surface area (Å²) in [6, 6.07) is 13.2. The minimum Gasteiger partial charge on any atom is -0.312 e. The van der Waals surface area contributed by atoms with Crippen LogP contribution in [-0.2, 0) is 14.8 Å². The van der Waals surface area contributed by atoms with E-state index in [2.05, 4.69) is 10.4 Å². The molecule has 0 spiro atoms. The first kappa shape index (κ1) is 16.8. The Morgan fingerprint density at radius 3 is 2.44 bits per heavy atom. The first-order chi connectivity index (χ1) is 11.9. The van der Waals surface area contributed by atoms with E-state index in [1.54, 1.807) is 12.1 Å². The molecule has 0 aliphatic carbocycles. The van der Waals surface area contributed by atoms with Crippen molar-refractivity contribution in [3.63, 3.8) is 0 Å². The number of hydrogen-bond donors (Lipinski definition) is 2. The van der Waals surface area contributed by atoms with E-state index in [1.807, 2.05) is 0 Å². The summed E-state index contributed by atoms with van der Waals surface area (Å²) in [5.74, 6) is -0.204. The Morgan fingerprint density at radius 2 is 1.80 bits per heavy atom. The molecule has 1 amide bonds. The third-order valence-electron chi connectivity index (χ3n) is 3.46. The summed E-state index contributed by atoms with van der Waals surface area (Å²) in [6.07, 6.45) is 0.451. The molecule has 1 aromatic heterocycles. The number of carbonyl (C=O) groups excluding carboxylic acids is 1. The molecule has 0 fully saturated rings. The zero-order valence-corrected chi connectivity index (χ0v) is 13.6. The van der Waals surface area contributed by atoms with Gasteiger partial charge in [-0.25, -0.2) is 22.6 Å². The lowest BCUT2D eigenvalue weighted by molar-refractivity contribution is -0.105.